The van der Waals surface area contributed by atoms with E-state index in [0.717, 1.165) is 17.2 Å². The molecule has 1 atom stereocenters. The first kappa shape index (κ1) is 19.1. The zero-order valence-corrected chi connectivity index (χ0v) is 15.8. The summed E-state index contributed by atoms with van der Waals surface area (Å²) >= 11 is 3.24. The van der Waals surface area contributed by atoms with Gasteiger partial charge in [0, 0.05) is 21.7 Å². The van der Waals surface area contributed by atoms with E-state index in [2.05, 4.69) is 15.9 Å². The van der Waals surface area contributed by atoms with Crippen LogP contribution in [0.3, 0.4) is 0 Å². The number of esters is 1. The van der Waals surface area contributed by atoms with E-state index < -0.39 is 17.9 Å². The minimum Gasteiger partial charge on any atom is -0.451 e. The Balaban J connectivity index is 2.04. The summed E-state index contributed by atoms with van der Waals surface area (Å²) < 4.78 is 19.4. The third-order valence-electron chi connectivity index (χ3n) is 3.81. The van der Waals surface area contributed by atoms with Crippen LogP contribution in [0.4, 0.5) is 4.39 Å². The molecule has 0 unspecified atom stereocenters. The molecule has 2 aromatic rings. The number of aryl methyl sites for hydroxylation is 2. The molecule has 0 aliphatic heterocycles. The largest absolute Gasteiger partial charge is 0.451 e. The number of carbonyl (C=O) groups excluding carboxylic acids is 2. The lowest BCUT2D eigenvalue weighted by Crippen LogP contribution is -2.23. The van der Waals surface area contributed by atoms with Crippen molar-refractivity contribution in [3.63, 3.8) is 0 Å². The van der Waals surface area contributed by atoms with Gasteiger partial charge in [-0.2, -0.15) is 0 Å². The van der Waals surface area contributed by atoms with E-state index in [4.69, 9.17) is 4.74 Å². The van der Waals surface area contributed by atoms with Crippen LogP contribution in [-0.4, -0.2) is 17.9 Å². The summed E-state index contributed by atoms with van der Waals surface area (Å²) in [6.45, 7) is 5.39. The van der Waals surface area contributed by atoms with Crippen LogP contribution in [0.5, 0.6) is 0 Å². The fourth-order valence-electron chi connectivity index (χ4n) is 2.20. The minimum absolute atomic E-state index is 0.250. The lowest BCUT2D eigenvalue weighted by Gasteiger charge is -2.12. The van der Waals surface area contributed by atoms with Gasteiger partial charge < -0.3 is 4.74 Å². The first-order chi connectivity index (χ1) is 11.8. The quantitative estimate of drug-likeness (QED) is 0.398. The van der Waals surface area contributed by atoms with Gasteiger partial charge in [0.15, 0.2) is 6.10 Å². The molecule has 0 saturated heterocycles. The molecule has 3 nitrogen and oxygen atoms in total. The van der Waals surface area contributed by atoms with Gasteiger partial charge in [0.25, 0.3) is 0 Å². The van der Waals surface area contributed by atoms with Crippen molar-refractivity contribution in [1.82, 2.24) is 0 Å². The maximum absolute atomic E-state index is 13.6. The van der Waals surface area contributed by atoms with E-state index in [1.54, 1.807) is 24.3 Å². The molecule has 130 valence electrons. The maximum Gasteiger partial charge on any atom is 0.331 e. The highest BCUT2D eigenvalue weighted by atomic mass is 79.9. The van der Waals surface area contributed by atoms with E-state index in [9.17, 15) is 14.0 Å². The molecule has 0 aliphatic rings. The molecule has 0 amide bonds. The van der Waals surface area contributed by atoms with Crippen molar-refractivity contribution in [2.75, 3.05) is 0 Å². The Kier molecular flexibility index (Phi) is 6.26. The van der Waals surface area contributed by atoms with Gasteiger partial charge in [0.05, 0.1) is 0 Å². The summed E-state index contributed by atoms with van der Waals surface area (Å²) in [6.07, 6.45) is 1.50. The second kappa shape index (κ2) is 8.21. The summed E-state index contributed by atoms with van der Waals surface area (Å²) in [5.74, 6) is -1.44. The van der Waals surface area contributed by atoms with E-state index in [-0.39, 0.29) is 11.3 Å². The number of ether oxygens (including phenoxy) is 1. The molecule has 0 N–H and O–H groups in total. The highest BCUT2D eigenvalue weighted by Crippen LogP contribution is 2.17. The summed E-state index contributed by atoms with van der Waals surface area (Å²) in [4.78, 5) is 24.2. The number of halogens is 2. The summed E-state index contributed by atoms with van der Waals surface area (Å²) in [5, 5.41) is 0. The predicted octanol–water partition coefficient (Wildman–Crippen LogP) is 5.03. The number of rotatable bonds is 5. The van der Waals surface area contributed by atoms with E-state index >= 15 is 0 Å². The first-order valence-corrected chi connectivity index (χ1v) is 8.52. The molecule has 0 fully saturated rings. The number of Topliss-reactive ketones (excluding diaryl/α,β-unsaturated/α-hetero) is 1. The van der Waals surface area contributed by atoms with E-state index in [0.29, 0.717) is 10.0 Å². The monoisotopic (exact) mass is 404 g/mol. The Morgan fingerprint density at radius 1 is 1.12 bits per heavy atom. The molecule has 0 saturated carbocycles. The highest BCUT2D eigenvalue weighted by Gasteiger charge is 2.19. The Hall–Kier alpha value is -2.27. The van der Waals surface area contributed by atoms with Gasteiger partial charge in [-0.3, -0.25) is 4.79 Å². The molecule has 2 rings (SSSR count). The van der Waals surface area contributed by atoms with Crippen molar-refractivity contribution in [2.45, 2.75) is 26.9 Å². The SMILES string of the molecule is Cc1ccc(C(=O)[C@@H](C)OC(=O)/C=C/c2cc(Br)ccc2F)cc1C. The lowest BCUT2D eigenvalue weighted by molar-refractivity contribution is -0.140. The predicted molar refractivity (Wildman–Crippen MR) is 98.9 cm³/mol. The average Bonchev–Trinajstić information content (AvgIpc) is 2.57. The molecule has 0 aliphatic carbocycles. The van der Waals surface area contributed by atoms with Crippen molar-refractivity contribution in [3.05, 3.63) is 75.0 Å². The summed E-state index contributed by atoms with van der Waals surface area (Å²) in [7, 11) is 0. The summed E-state index contributed by atoms with van der Waals surface area (Å²) in [5.41, 5.74) is 2.82. The van der Waals surface area contributed by atoms with Gasteiger partial charge in [0.2, 0.25) is 5.78 Å². The molecule has 0 aromatic heterocycles. The zero-order chi connectivity index (χ0) is 18.6. The molecular weight excluding hydrogens is 387 g/mol. The second-order valence-electron chi connectivity index (χ2n) is 5.74. The number of carbonyl (C=O) groups is 2. The molecule has 0 radical (unpaired) electrons. The zero-order valence-electron chi connectivity index (χ0n) is 14.2. The minimum atomic E-state index is -0.924. The lowest BCUT2D eigenvalue weighted by atomic mass is 10.0. The number of hydrogen-bond acceptors (Lipinski definition) is 3. The Morgan fingerprint density at radius 2 is 1.84 bits per heavy atom. The number of hydrogen-bond donors (Lipinski definition) is 0. The maximum atomic E-state index is 13.6. The Bertz CT molecular complexity index is 843. The molecule has 2 aromatic carbocycles. The van der Waals surface area contributed by atoms with Crippen LogP contribution in [0, 0.1) is 19.7 Å². The van der Waals surface area contributed by atoms with Gasteiger partial charge in [0.1, 0.15) is 5.82 Å². The molecule has 0 heterocycles. The Morgan fingerprint density at radius 3 is 2.52 bits per heavy atom. The first-order valence-electron chi connectivity index (χ1n) is 7.73. The van der Waals surface area contributed by atoms with Crippen LogP contribution in [0.25, 0.3) is 6.08 Å². The van der Waals surface area contributed by atoms with Crippen LogP contribution < -0.4 is 0 Å². The fourth-order valence-corrected chi connectivity index (χ4v) is 2.58. The highest BCUT2D eigenvalue weighted by molar-refractivity contribution is 9.10. The van der Waals surface area contributed by atoms with E-state index in [1.165, 1.54) is 19.1 Å². The smallest absolute Gasteiger partial charge is 0.331 e. The molecular formula is C20H18BrFO3. The number of benzene rings is 2. The van der Waals surface area contributed by atoms with Gasteiger partial charge in [-0.25, -0.2) is 9.18 Å². The standard InChI is InChI=1S/C20H18BrFO3/c1-12-4-5-16(10-13(12)2)20(24)14(3)25-19(23)9-6-15-11-17(21)7-8-18(15)22/h4-11,14H,1-3H3/b9-6+/t14-/m1/s1. The topological polar surface area (TPSA) is 43.4 Å². The molecule has 5 heteroatoms. The second-order valence-corrected chi connectivity index (χ2v) is 6.66. The number of ketones is 1. The van der Waals surface area contributed by atoms with E-state index in [1.807, 2.05) is 19.9 Å². The average molecular weight is 405 g/mol. The normalized spacial score (nSPS) is 12.2. The molecule has 0 spiro atoms. The van der Waals surface area contributed by atoms with Crippen molar-refractivity contribution in [3.8, 4) is 0 Å². The van der Waals surface area contributed by atoms with Crippen molar-refractivity contribution < 1.29 is 18.7 Å². The van der Waals surface area contributed by atoms with Crippen LogP contribution >= 0.6 is 15.9 Å². The van der Waals surface area contributed by atoms with Gasteiger partial charge >= 0.3 is 5.97 Å². The fraction of sp³-hybridized carbons (Fsp3) is 0.200. The molecule has 25 heavy (non-hydrogen) atoms. The van der Waals surface area contributed by atoms with Gasteiger partial charge in [-0.15, -0.1) is 0 Å². The Labute approximate surface area is 154 Å². The third-order valence-corrected chi connectivity index (χ3v) is 4.30. The van der Waals surface area contributed by atoms with Crippen LogP contribution in [0.15, 0.2) is 46.9 Å². The van der Waals surface area contributed by atoms with Crippen LogP contribution in [-0.2, 0) is 9.53 Å². The summed E-state index contributed by atoms with van der Waals surface area (Å²) in [6, 6.07) is 9.74. The van der Waals surface area contributed by atoms with Crippen molar-refractivity contribution in [1.29, 1.82) is 0 Å². The van der Waals surface area contributed by atoms with Crippen molar-refractivity contribution in [2.24, 2.45) is 0 Å². The van der Waals surface area contributed by atoms with Crippen molar-refractivity contribution >= 4 is 33.8 Å². The van der Waals surface area contributed by atoms with Crippen LogP contribution in [0.1, 0.15) is 34.0 Å². The molecule has 0 bridgehead atoms. The van der Waals surface area contributed by atoms with Gasteiger partial charge in [-0.1, -0.05) is 28.1 Å². The third kappa shape index (κ3) is 5.10. The van der Waals surface area contributed by atoms with Gasteiger partial charge in [-0.05, 0) is 62.2 Å². The van der Waals surface area contributed by atoms with Crippen LogP contribution in [0.2, 0.25) is 0 Å².